The molecule has 0 radical (unpaired) electrons. The van der Waals surface area contributed by atoms with Gasteiger partial charge < -0.3 is 14.6 Å². The molecule has 1 heterocycles. The van der Waals surface area contributed by atoms with E-state index < -0.39 is 28.3 Å². The van der Waals surface area contributed by atoms with Crippen LogP contribution in [0.3, 0.4) is 0 Å². The number of benzene rings is 1. The Morgan fingerprint density at radius 3 is 2.40 bits per heavy atom. The molecule has 4 bridgehead atoms. The van der Waals surface area contributed by atoms with E-state index in [9.17, 15) is 20.0 Å². The van der Waals surface area contributed by atoms with Crippen LogP contribution < -0.4 is 4.74 Å². The van der Waals surface area contributed by atoms with Crippen LogP contribution in [0.1, 0.15) is 51.4 Å². The van der Waals surface area contributed by atoms with E-state index in [2.05, 4.69) is 0 Å². The van der Waals surface area contributed by atoms with Gasteiger partial charge in [0.25, 0.3) is 11.5 Å². The molecule has 0 aromatic heterocycles. The minimum atomic E-state index is -1.33. The van der Waals surface area contributed by atoms with Crippen molar-refractivity contribution in [1.82, 2.24) is 0 Å². The van der Waals surface area contributed by atoms with Crippen LogP contribution in [0.4, 0.5) is 10.5 Å². The van der Waals surface area contributed by atoms with Crippen LogP contribution in [0.25, 0.3) is 0 Å². The Hall–Kier alpha value is -2.57. The molecule has 1 aromatic carbocycles. The summed E-state index contributed by atoms with van der Waals surface area (Å²) in [5, 5.41) is 21.6. The van der Waals surface area contributed by atoms with Gasteiger partial charge in [-0.25, -0.2) is 4.79 Å². The van der Waals surface area contributed by atoms with Crippen molar-refractivity contribution in [3.05, 3.63) is 46.0 Å². The van der Waals surface area contributed by atoms with E-state index in [1.165, 1.54) is 24.3 Å². The highest BCUT2D eigenvalue weighted by molar-refractivity contribution is 5.64. The molecule has 2 spiro atoms. The maximum absolute atomic E-state index is 12.2. The third-order valence-electron chi connectivity index (χ3n) is 8.09. The fraction of sp³-hybridized carbons (Fsp3) is 0.625. The molecular weight excluding hydrogens is 462 g/mol. The lowest BCUT2D eigenvalue weighted by molar-refractivity contribution is -0.673. The van der Waals surface area contributed by atoms with Gasteiger partial charge in [0.15, 0.2) is 0 Å². The summed E-state index contributed by atoms with van der Waals surface area (Å²) in [6.45, 7) is -0.166. The highest BCUT2D eigenvalue weighted by atomic mass is 17.4. The van der Waals surface area contributed by atoms with Crippen LogP contribution >= 0.6 is 0 Å². The fourth-order valence-electron chi connectivity index (χ4n) is 6.63. The zero-order valence-electron chi connectivity index (χ0n) is 19.1. The molecule has 4 saturated carbocycles. The van der Waals surface area contributed by atoms with Gasteiger partial charge in [0.2, 0.25) is 5.79 Å². The van der Waals surface area contributed by atoms with Crippen LogP contribution in [0.2, 0.25) is 0 Å². The van der Waals surface area contributed by atoms with E-state index in [1.54, 1.807) is 0 Å². The molecule has 7 rings (SSSR count). The Morgan fingerprint density at radius 2 is 1.77 bits per heavy atom. The maximum atomic E-state index is 12.2. The number of nitrogens with zero attached hydrogens (tertiary/aromatic N) is 1. The second-order valence-electron chi connectivity index (χ2n) is 10.4. The van der Waals surface area contributed by atoms with Crippen molar-refractivity contribution in [3.8, 4) is 5.75 Å². The first-order valence-electron chi connectivity index (χ1n) is 12.0. The van der Waals surface area contributed by atoms with Gasteiger partial charge in [0.1, 0.15) is 12.4 Å². The average molecular weight is 489 g/mol. The summed E-state index contributed by atoms with van der Waals surface area (Å²) in [6.07, 6.45) is 6.70. The summed E-state index contributed by atoms with van der Waals surface area (Å²) < 4.78 is 10.4. The lowest BCUT2D eigenvalue weighted by Gasteiger charge is -2.62. The topological polar surface area (TPSA) is 136 Å². The molecule has 5 fully saturated rings. The van der Waals surface area contributed by atoms with Crippen molar-refractivity contribution in [3.63, 3.8) is 0 Å². The molecule has 188 valence electrons. The fourth-order valence-corrected chi connectivity index (χ4v) is 6.63. The predicted molar refractivity (Wildman–Crippen MR) is 115 cm³/mol. The first kappa shape index (κ1) is 22.9. The number of ether oxygens (including phenoxy) is 2. The predicted octanol–water partition coefficient (Wildman–Crippen LogP) is 4.09. The first-order valence-corrected chi connectivity index (χ1v) is 12.0. The Morgan fingerprint density at radius 1 is 1.09 bits per heavy atom. The summed E-state index contributed by atoms with van der Waals surface area (Å²) in [6, 6.07) is 5.10. The monoisotopic (exact) mass is 489 g/mol. The SMILES string of the molecule is O=C(OCC1=CCCCC12OOC1(OO2)C2CC3CC1CC(O)(C3)C2)Oc1ccc([N+](=O)[O-])cc1. The molecule has 0 amide bonds. The van der Waals surface area contributed by atoms with Crippen molar-refractivity contribution >= 4 is 11.8 Å². The Balaban J connectivity index is 1.09. The van der Waals surface area contributed by atoms with E-state index >= 15 is 0 Å². The van der Waals surface area contributed by atoms with Crippen molar-refractivity contribution in [1.29, 1.82) is 0 Å². The summed E-state index contributed by atoms with van der Waals surface area (Å²) in [7, 11) is 0. The zero-order valence-corrected chi connectivity index (χ0v) is 19.1. The van der Waals surface area contributed by atoms with Gasteiger partial charge in [0.05, 0.1) is 10.5 Å². The highest BCUT2D eigenvalue weighted by Crippen LogP contribution is 2.63. The van der Waals surface area contributed by atoms with E-state index in [0.717, 1.165) is 32.1 Å². The second-order valence-corrected chi connectivity index (χ2v) is 10.4. The molecule has 1 N–H and O–H groups in total. The average Bonchev–Trinajstić information content (AvgIpc) is 2.83. The van der Waals surface area contributed by atoms with Crippen molar-refractivity contribution in [2.45, 2.75) is 68.5 Å². The maximum Gasteiger partial charge on any atom is 0.514 e. The largest absolute Gasteiger partial charge is 0.514 e. The summed E-state index contributed by atoms with van der Waals surface area (Å²) in [5.41, 5.74) is -0.225. The lowest BCUT2D eigenvalue weighted by Crippen LogP contribution is -2.68. The number of non-ortho nitro benzene ring substituents is 1. The van der Waals surface area contributed by atoms with Gasteiger partial charge >= 0.3 is 6.16 Å². The third kappa shape index (κ3) is 3.91. The summed E-state index contributed by atoms with van der Waals surface area (Å²) >= 11 is 0. The van der Waals surface area contributed by atoms with Crippen LogP contribution in [0, 0.1) is 27.9 Å². The number of nitro benzene ring substituents is 1. The van der Waals surface area contributed by atoms with Gasteiger partial charge in [-0.3, -0.25) is 10.1 Å². The molecule has 6 aliphatic rings. The molecule has 11 heteroatoms. The number of hydrogen-bond acceptors (Lipinski definition) is 10. The summed E-state index contributed by atoms with van der Waals surface area (Å²) in [4.78, 5) is 46.3. The van der Waals surface area contributed by atoms with Gasteiger partial charge in [-0.05, 0) is 63.0 Å². The molecule has 1 aliphatic heterocycles. The number of rotatable bonds is 4. The Kier molecular flexibility index (Phi) is 5.38. The zero-order chi connectivity index (χ0) is 24.3. The van der Waals surface area contributed by atoms with Crippen LogP contribution in [-0.2, 0) is 24.3 Å². The molecule has 5 aliphatic carbocycles. The van der Waals surface area contributed by atoms with Gasteiger partial charge in [0, 0.05) is 36.0 Å². The number of aliphatic hydroxyl groups is 1. The first-order chi connectivity index (χ1) is 16.8. The van der Waals surface area contributed by atoms with Crippen molar-refractivity contribution < 1.29 is 43.8 Å². The molecular formula is C24H27NO10. The highest BCUT2D eigenvalue weighted by Gasteiger charge is 2.68. The molecule has 11 nitrogen and oxygen atoms in total. The van der Waals surface area contributed by atoms with Crippen LogP contribution in [-0.4, -0.2) is 40.0 Å². The smallest absolute Gasteiger partial charge is 0.429 e. The van der Waals surface area contributed by atoms with Crippen molar-refractivity contribution in [2.75, 3.05) is 6.61 Å². The molecule has 1 aromatic rings. The van der Waals surface area contributed by atoms with Crippen LogP contribution in [0.15, 0.2) is 35.9 Å². The lowest BCUT2D eigenvalue weighted by atomic mass is 9.51. The third-order valence-corrected chi connectivity index (χ3v) is 8.09. The number of carbonyl (C=O) groups excluding carboxylic acids is 1. The van der Waals surface area contributed by atoms with E-state index in [-0.39, 0.29) is 29.9 Å². The molecule has 2 unspecified atom stereocenters. The van der Waals surface area contributed by atoms with Crippen molar-refractivity contribution in [2.24, 2.45) is 17.8 Å². The normalized spacial score (nSPS) is 39.5. The Labute approximate surface area is 200 Å². The van der Waals surface area contributed by atoms with Gasteiger partial charge in [-0.2, -0.15) is 19.6 Å². The minimum absolute atomic E-state index is 0.0138. The van der Waals surface area contributed by atoms with E-state index in [0.29, 0.717) is 30.8 Å². The van der Waals surface area contributed by atoms with Gasteiger partial charge in [-0.1, -0.05) is 6.08 Å². The van der Waals surface area contributed by atoms with E-state index in [4.69, 9.17) is 29.0 Å². The minimum Gasteiger partial charge on any atom is -0.429 e. The second kappa shape index (κ2) is 8.24. The van der Waals surface area contributed by atoms with E-state index in [1.807, 2.05) is 6.08 Å². The molecule has 1 saturated heterocycles. The molecule has 35 heavy (non-hydrogen) atoms. The quantitative estimate of drug-likeness (QED) is 0.164. The number of carbonyl (C=O) groups is 1. The molecule has 2 atom stereocenters. The van der Waals surface area contributed by atoms with Crippen LogP contribution in [0.5, 0.6) is 5.75 Å². The Bertz CT molecular complexity index is 1030. The van der Waals surface area contributed by atoms with Gasteiger partial charge in [-0.15, -0.1) is 0 Å². The standard InChI is InChI=1S/C24H27NO10/c26-21(31-20-6-4-19(5-7-20)25(28)29)30-14-16-3-1-2-8-23(16)32-34-24(35-33-23)17-9-15-10-18(24)13-22(27,11-15)12-17/h3-7,15,17-18,27H,1-2,8-14H2. The summed E-state index contributed by atoms with van der Waals surface area (Å²) in [5.74, 6) is -1.81. The number of allylic oxidation sites excluding steroid dienone is 1. The number of nitro groups is 1. The number of hydrogen-bond donors (Lipinski definition) is 1.